The maximum absolute atomic E-state index is 14.3. The van der Waals surface area contributed by atoms with E-state index >= 15 is 0 Å². The molecule has 0 aliphatic carbocycles. The van der Waals surface area contributed by atoms with Gasteiger partial charge in [0.1, 0.15) is 47.2 Å². The molecular formula is C113H140BN11O19S2. The lowest BCUT2D eigenvalue weighted by atomic mass is 9.79. The Kier molecular flexibility index (Phi) is 36.7. The topological polar surface area (TPSA) is 354 Å². The van der Waals surface area contributed by atoms with E-state index in [9.17, 15) is 48.6 Å². The van der Waals surface area contributed by atoms with Gasteiger partial charge in [-0.1, -0.05) is 113 Å². The van der Waals surface area contributed by atoms with Crippen LogP contribution in [-0.4, -0.2) is 233 Å². The number of rotatable bonds is 44. The maximum Gasteiger partial charge on any atom is 0.494 e. The standard InChI is InChI=1S/C65H79N7O10S.C48H61BN4O9S/c1-8-70(50-22-28-80-29-23-50)56-32-49(31-54(43(56)6)61(74)67-36-55-41(4)30-42(5)69-62(55)75)45-18-20-52(21-19-45)81-27-13-25-79-24-11-12-26-82-58-33-46(60-44(7)68-39-83-60)16-17-47(58)35-66-63(76)57-34-51(73)38-71(57)65(78)59(40(2)3)72-37-48-14-9-10-15-53(48)64(72)77;1-31(2)42(53-28-35-13-8-9-14-39(35)45(53)56)46(57)52-29-37(54)26-40(52)44(55)50-27-34-16-15-33(43-32(3)51-30-63-43)25-41(34)60-23-11-10-21-58-22-12-24-59-38-19-17-36(18-20-38)49-61-47(4,5)48(6,7)62-49/h9-10,14-21,30-33,39-40,50-51,57,59,73H,8,11-13,22-29,34-38H2,1-7H3,(H,66,76)(H,67,74)(H,69,75);8-9,13-20,25,30-31,37,40,42,54H,10-12,21-24,26-29H2,1-7H3,(H,50,55)/t51-,57+,59+;37-,40+,42+/m11/s1. The van der Waals surface area contributed by atoms with Gasteiger partial charge in [0, 0.05) is 168 Å². The molecule has 6 N–H and O–H groups in total. The van der Waals surface area contributed by atoms with Crippen LogP contribution in [-0.2, 0) is 75.4 Å². The number of aryl methyl sites for hydroxylation is 4. The summed E-state index contributed by atoms with van der Waals surface area (Å²) in [5.74, 6) is 0.251. The van der Waals surface area contributed by atoms with Crippen LogP contribution in [0.25, 0.3) is 32.0 Å². The number of anilines is 1. The number of hydrogen-bond acceptors (Lipinski definition) is 24. The lowest BCUT2D eigenvalue weighted by Gasteiger charge is -2.37. The molecule has 9 heterocycles. The van der Waals surface area contributed by atoms with Gasteiger partial charge in [0.05, 0.1) is 82.0 Å². The molecule has 6 atom stereocenters. The van der Waals surface area contributed by atoms with Crippen LogP contribution < -0.4 is 50.8 Å². The van der Waals surface area contributed by atoms with Crippen molar-refractivity contribution >= 4 is 82.3 Å². The van der Waals surface area contributed by atoms with Gasteiger partial charge in [0.25, 0.3) is 23.3 Å². The van der Waals surface area contributed by atoms with Crippen LogP contribution >= 0.6 is 22.7 Å². The number of thiazole rings is 2. The Balaban J connectivity index is 0.000000228. The van der Waals surface area contributed by atoms with E-state index in [0.717, 1.165) is 157 Å². The number of aromatic amines is 1. The van der Waals surface area contributed by atoms with Gasteiger partial charge in [-0.2, -0.15) is 0 Å². The van der Waals surface area contributed by atoms with E-state index in [1.54, 1.807) is 44.6 Å². The number of unbranched alkanes of at least 4 members (excludes halogenated alkanes) is 2. The molecule has 33 heteroatoms. The molecule has 0 bridgehead atoms. The van der Waals surface area contributed by atoms with Gasteiger partial charge in [0.15, 0.2) is 0 Å². The summed E-state index contributed by atoms with van der Waals surface area (Å²) in [6, 6.07) is 45.3. The molecular weight excluding hydrogens is 1890 g/mol. The van der Waals surface area contributed by atoms with Crippen molar-refractivity contribution in [2.75, 3.05) is 90.6 Å². The van der Waals surface area contributed by atoms with E-state index in [0.29, 0.717) is 119 Å². The van der Waals surface area contributed by atoms with Crippen molar-refractivity contribution in [3.63, 3.8) is 0 Å². The number of ether oxygens (including phenoxy) is 7. The summed E-state index contributed by atoms with van der Waals surface area (Å²) in [6.07, 6.45) is 4.78. The molecule has 4 saturated heterocycles. The fourth-order valence-corrected chi connectivity index (χ4v) is 21.5. The number of likely N-dealkylation sites (tertiary alicyclic amines) is 2. The first-order valence-electron chi connectivity index (χ1n) is 51.3. The van der Waals surface area contributed by atoms with Crippen LogP contribution in [0.3, 0.4) is 0 Å². The van der Waals surface area contributed by atoms with Gasteiger partial charge < -0.3 is 98.1 Å². The van der Waals surface area contributed by atoms with Crippen LogP contribution in [0.15, 0.2) is 167 Å². The van der Waals surface area contributed by atoms with Crippen LogP contribution in [0, 0.1) is 46.5 Å². The zero-order chi connectivity index (χ0) is 104. The lowest BCUT2D eigenvalue weighted by Crippen LogP contribution is -2.55. The number of fused-ring (bicyclic) bond motifs is 2. The molecule has 30 nitrogen and oxygen atoms in total. The SMILES string of the molecule is CCN(c1cc(-c2ccc(OCCCOCCCCOc3cc(-c4scnc4C)ccc3CNC(=O)[C@@H]3C[C@@H](O)CN3C(=O)[C@H](C(C)C)N3Cc4ccccc4C3=O)cc2)cc(C(=O)NCc2c(C)cc(C)[nH]c2=O)c1C)C1CCOCC1.Cc1ncsc1-c1ccc(CNC(=O)[C@@H]2C[C@@H](O)CN2C(=O)[C@H](C(C)C)N2Cc3ccccc3C2=O)c(OCCCCOCCCOc2ccc(B3OC(C)(C)C(C)(C)O3)cc2)c1. The first kappa shape index (κ1) is 108. The van der Waals surface area contributed by atoms with Gasteiger partial charge in [-0.3, -0.25) is 38.4 Å². The molecule has 4 fully saturated rings. The first-order valence-corrected chi connectivity index (χ1v) is 53.1. The predicted octanol–water partition coefficient (Wildman–Crippen LogP) is 15.6. The van der Waals surface area contributed by atoms with Crippen molar-refractivity contribution in [3.05, 3.63) is 246 Å². The van der Waals surface area contributed by atoms with E-state index < -0.39 is 43.5 Å². The number of aromatic nitrogens is 3. The van der Waals surface area contributed by atoms with E-state index in [1.807, 2.05) is 234 Å². The highest BCUT2D eigenvalue weighted by molar-refractivity contribution is 7.13. The highest BCUT2D eigenvalue weighted by atomic mass is 32.1. The predicted molar refractivity (Wildman–Crippen MR) is 565 cm³/mol. The fraction of sp³-hybridized carbons (Fsp3) is 0.469. The second-order valence-electron chi connectivity index (χ2n) is 40.3. The number of β-amino-alcohol motifs (C(OH)–C–C–N with tert-alkyl or cyclic N) is 2. The molecule has 16 rings (SSSR count). The molecule has 0 unspecified atom stereocenters. The van der Waals surface area contributed by atoms with Gasteiger partial charge in [-0.25, -0.2) is 9.97 Å². The fourth-order valence-electron chi connectivity index (χ4n) is 19.9. The Bertz CT molecular complexity index is 6260. The number of benzene rings is 7. The monoisotopic (exact) mass is 2030 g/mol. The smallest absolute Gasteiger partial charge is 0.494 e. The summed E-state index contributed by atoms with van der Waals surface area (Å²) < 4.78 is 54.7. The minimum Gasteiger partial charge on any atom is -0.494 e. The number of carbonyl (C=O) groups is 7. The number of amides is 7. The second-order valence-corrected chi connectivity index (χ2v) is 42.0. The number of H-pyrrole nitrogens is 1. The number of nitrogens with one attached hydrogen (secondary N) is 4. The quantitative estimate of drug-likeness (QED) is 0.0153. The van der Waals surface area contributed by atoms with Crippen LogP contribution in [0.5, 0.6) is 23.0 Å². The average Bonchev–Trinajstić information content (AvgIpc) is 1.56. The molecule has 0 saturated carbocycles. The van der Waals surface area contributed by atoms with Gasteiger partial charge >= 0.3 is 7.12 Å². The first-order chi connectivity index (χ1) is 70.2. The maximum atomic E-state index is 14.3. The molecule has 7 aromatic carbocycles. The minimum absolute atomic E-state index is 0.000997. The number of aliphatic hydroxyl groups excluding tert-OH is 2. The molecule has 3 aromatic heterocycles. The highest BCUT2D eigenvalue weighted by Crippen LogP contribution is 2.42. The van der Waals surface area contributed by atoms with Crippen LogP contribution in [0.4, 0.5) is 5.69 Å². The third-order valence-electron chi connectivity index (χ3n) is 28.6. The normalized spacial score (nSPS) is 17.8. The Morgan fingerprint density at radius 1 is 0.534 bits per heavy atom. The minimum atomic E-state index is -0.908. The largest absolute Gasteiger partial charge is 0.494 e. The van der Waals surface area contributed by atoms with Crippen molar-refractivity contribution in [3.8, 4) is 55.0 Å². The van der Waals surface area contributed by atoms with E-state index in [4.69, 9.17) is 42.5 Å². The number of aliphatic hydroxyl groups is 2. The molecule has 10 aromatic rings. The summed E-state index contributed by atoms with van der Waals surface area (Å²) >= 11 is 3.10. The Labute approximate surface area is 864 Å². The lowest BCUT2D eigenvalue weighted by molar-refractivity contribution is -0.143. The third kappa shape index (κ3) is 26.1. The zero-order valence-electron chi connectivity index (χ0n) is 86.4. The number of hydrogen-bond donors (Lipinski definition) is 6. The third-order valence-corrected chi connectivity index (χ3v) is 30.6. The van der Waals surface area contributed by atoms with Crippen molar-refractivity contribution in [1.82, 2.24) is 50.5 Å². The van der Waals surface area contributed by atoms with Gasteiger partial charge in [-0.05, 0) is 236 Å². The Hall–Kier alpha value is -12.2. The summed E-state index contributed by atoms with van der Waals surface area (Å²) in [7, 11) is -0.404. The van der Waals surface area contributed by atoms with Gasteiger partial charge in [0.2, 0.25) is 23.6 Å². The molecule has 0 spiro atoms. The summed E-state index contributed by atoms with van der Waals surface area (Å²) in [4.78, 5) is 132. The molecule has 6 aliphatic rings. The number of pyridine rings is 1. The number of carbonyl (C=O) groups excluding carboxylic acids is 7. The Morgan fingerprint density at radius 3 is 1.44 bits per heavy atom. The summed E-state index contributed by atoms with van der Waals surface area (Å²) in [6.45, 7) is 34.9. The molecule has 6 aliphatic heterocycles. The van der Waals surface area contributed by atoms with Gasteiger partial charge in [-0.15, -0.1) is 22.7 Å². The zero-order valence-corrected chi connectivity index (χ0v) is 88.1. The number of nitrogens with zero attached hydrogens (tertiary/aromatic N) is 7. The van der Waals surface area contributed by atoms with Crippen LogP contribution in [0.1, 0.15) is 214 Å². The molecule has 146 heavy (non-hydrogen) atoms. The molecule has 7 amide bonds. The van der Waals surface area contributed by atoms with E-state index in [1.165, 1.54) is 9.80 Å². The van der Waals surface area contributed by atoms with Crippen LogP contribution in [0.2, 0.25) is 0 Å². The van der Waals surface area contributed by atoms with E-state index in [2.05, 4.69) is 48.8 Å². The van der Waals surface area contributed by atoms with Crippen molar-refractivity contribution in [2.24, 2.45) is 11.8 Å². The Morgan fingerprint density at radius 2 is 0.986 bits per heavy atom. The molecule has 0 radical (unpaired) electrons. The summed E-state index contributed by atoms with van der Waals surface area (Å²) in [5, 5.41) is 30.6. The van der Waals surface area contributed by atoms with Crippen molar-refractivity contribution in [1.29, 1.82) is 0 Å². The average molecular weight is 2030 g/mol. The van der Waals surface area contributed by atoms with Crippen molar-refractivity contribution < 1.29 is 86.2 Å². The highest BCUT2D eigenvalue weighted by Gasteiger charge is 2.53. The second kappa shape index (κ2) is 49.6. The molecule has 776 valence electrons. The van der Waals surface area contributed by atoms with E-state index in [-0.39, 0.29) is 122 Å². The van der Waals surface area contributed by atoms with Crippen molar-refractivity contribution in [2.45, 2.75) is 247 Å². The summed E-state index contributed by atoms with van der Waals surface area (Å²) in [5.41, 5.74) is 18.3.